The number of ether oxygens (including phenoxy) is 2. The van der Waals surface area contributed by atoms with Gasteiger partial charge in [-0.25, -0.2) is 0 Å². The molecule has 1 rings (SSSR count). The molecule has 5 heteroatoms. The summed E-state index contributed by atoms with van der Waals surface area (Å²) in [7, 11) is 1.38. The van der Waals surface area contributed by atoms with E-state index in [1.54, 1.807) is 6.07 Å². The summed E-state index contributed by atoms with van der Waals surface area (Å²) in [6.45, 7) is 1.20. The minimum Gasteiger partial charge on any atom is -0.493 e. The fraction of sp³-hybridized carbons (Fsp3) is 0.571. The molecule has 0 saturated carbocycles. The summed E-state index contributed by atoms with van der Waals surface area (Å²) in [5.41, 5.74) is 0.553. The summed E-state index contributed by atoms with van der Waals surface area (Å²) < 4.78 is 33.9. The van der Waals surface area contributed by atoms with Crippen LogP contribution >= 0.6 is 0 Å². The second-order valence-corrected chi connectivity index (χ2v) is 4.78. The molecule has 0 saturated heterocycles. The lowest BCUT2D eigenvalue weighted by Crippen LogP contribution is -2.05. The summed E-state index contributed by atoms with van der Waals surface area (Å²) >= 11 is 0. The van der Waals surface area contributed by atoms with E-state index in [4.69, 9.17) is 4.74 Å². The van der Waals surface area contributed by atoms with E-state index in [1.807, 2.05) is 0 Å². The Kier molecular flexibility index (Phi) is 6.02. The highest BCUT2D eigenvalue weighted by Gasteiger charge is 2.15. The van der Waals surface area contributed by atoms with Gasteiger partial charge in [-0.15, -0.1) is 0 Å². The minimum atomic E-state index is -2.92. The molecule has 0 aromatic heterocycles. The molecule has 0 heterocycles. The number of aliphatic hydroxyl groups is 1. The molecular weight excluding hydrogens is 254 g/mol. The van der Waals surface area contributed by atoms with Crippen LogP contribution in [0.2, 0.25) is 0 Å². The van der Waals surface area contributed by atoms with E-state index in [2.05, 4.69) is 18.6 Å². The average molecular weight is 274 g/mol. The van der Waals surface area contributed by atoms with E-state index in [1.165, 1.54) is 19.2 Å². The molecule has 1 aromatic rings. The average Bonchev–Trinajstić information content (AvgIpc) is 2.35. The quantitative estimate of drug-likeness (QED) is 0.822. The van der Waals surface area contributed by atoms with Gasteiger partial charge in [0.2, 0.25) is 0 Å². The fourth-order valence-corrected chi connectivity index (χ4v) is 1.75. The van der Waals surface area contributed by atoms with Crippen LogP contribution in [-0.2, 0) is 0 Å². The molecule has 0 aliphatic carbocycles. The number of methoxy groups -OCH3 is 1. The lowest BCUT2D eigenvalue weighted by atomic mass is 9.99. The first-order valence-electron chi connectivity index (χ1n) is 6.24. The highest BCUT2D eigenvalue weighted by atomic mass is 19.3. The Hall–Kier alpha value is -1.36. The first-order chi connectivity index (χ1) is 8.93. The normalized spacial score (nSPS) is 12.8. The largest absolute Gasteiger partial charge is 0.493 e. The monoisotopic (exact) mass is 274 g/mol. The van der Waals surface area contributed by atoms with Gasteiger partial charge < -0.3 is 14.6 Å². The van der Waals surface area contributed by atoms with Gasteiger partial charge in [-0.1, -0.05) is 19.9 Å². The molecule has 0 aliphatic rings. The van der Waals surface area contributed by atoms with Crippen LogP contribution in [0.4, 0.5) is 8.78 Å². The smallest absolute Gasteiger partial charge is 0.387 e. The van der Waals surface area contributed by atoms with Crippen LogP contribution in [0.25, 0.3) is 0 Å². The summed E-state index contributed by atoms with van der Waals surface area (Å²) in [6.07, 6.45) is 0.754. The minimum absolute atomic E-state index is 0.0569. The fourth-order valence-electron chi connectivity index (χ4n) is 1.75. The van der Waals surface area contributed by atoms with Crippen molar-refractivity contribution in [3.63, 3.8) is 0 Å². The van der Waals surface area contributed by atoms with Crippen LogP contribution in [0, 0.1) is 5.92 Å². The van der Waals surface area contributed by atoms with Crippen molar-refractivity contribution >= 4 is 0 Å². The Labute approximate surface area is 112 Å². The predicted molar refractivity (Wildman–Crippen MR) is 68.7 cm³/mol. The Morgan fingerprint density at radius 1 is 1.16 bits per heavy atom. The van der Waals surface area contributed by atoms with Gasteiger partial charge in [0.1, 0.15) is 0 Å². The van der Waals surface area contributed by atoms with Crippen molar-refractivity contribution in [2.45, 2.75) is 39.4 Å². The molecule has 1 aromatic carbocycles. The molecule has 19 heavy (non-hydrogen) atoms. The standard InChI is InChI=1S/C14H20F2O3/c1-9(2)4-6-11(17)10-5-7-12(18-3)13(8-10)19-14(15)16/h5,7-9,11,14,17H,4,6H2,1-3H3. The van der Waals surface area contributed by atoms with Crippen LogP contribution < -0.4 is 9.47 Å². The van der Waals surface area contributed by atoms with Crippen molar-refractivity contribution in [2.24, 2.45) is 5.92 Å². The number of benzene rings is 1. The molecule has 0 amide bonds. The molecular formula is C14H20F2O3. The molecule has 0 aliphatic heterocycles. The lowest BCUT2D eigenvalue weighted by molar-refractivity contribution is -0.0513. The maximum atomic E-state index is 12.3. The number of aliphatic hydroxyl groups excluding tert-OH is 1. The maximum Gasteiger partial charge on any atom is 0.387 e. The van der Waals surface area contributed by atoms with Crippen molar-refractivity contribution in [2.75, 3.05) is 7.11 Å². The van der Waals surface area contributed by atoms with E-state index >= 15 is 0 Å². The third-order valence-electron chi connectivity index (χ3n) is 2.81. The third kappa shape index (κ3) is 5.03. The SMILES string of the molecule is COc1ccc(C(O)CCC(C)C)cc1OC(F)F. The second-order valence-electron chi connectivity index (χ2n) is 4.78. The van der Waals surface area contributed by atoms with Crippen molar-refractivity contribution in [1.82, 2.24) is 0 Å². The number of halogens is 2. The maximum absolute atomic E-state index is 12.3. The molecule has 0 fully saturated rings. The Morgan fingerprint density at radius 3 is 2.37 bits per heavy atom. The van der Waals surface area contributed by atoms with E-state index in [0.717, 1.165) is 6.42 Å². The van der Waals surface area contributed by atoms with Gasteiger partial charge in [-0.3, -0.25) is 0 Å². The highest BCUT2D eigenvalue weighted by Crippen LogP contribution is 2.32. The number of rotatable bonds is 7. The summed E-state index contributed by atoms with van der Waals surface area (Å²) in [6, 6.07) is 4.57. The number of alkyl halides is 2. The third-order valence-corrected chi connectivity index (χ3v) is 2.81. The summed E-state index contributed by atoms with van der Waals surface area (Å²) in [4.78, 5) is 0. The Balaban J connectivity index is 2.84. The van der Waals surface area contributed by atoms with Gasteiger partial charge in [0, 0.05) is 0 Å². The first-order valence-corrected chi connectivity index (χ1v) is 6.24. The van der Waals surface area contributed by atoms with Gasteiger partial charge in [0.05, 0.1) is 13.2 Å². The Bertz CT molecular complexity index is 394. The van der Waals surface area contributed by atoms with Crippen LogP contribution in [0.5, 0.6) is 11.5 Å². The predicted octanol–water partition coefficient (Wildman–Crippen LogP) is 3.77. The van der Waals surface area contributed by atoms with Crippen molar-refractivity contribution in [3.8, 4) is 11.5 Å². The zero-order chi connectivity index (χ0) is 14.4. The van der Waals surface area contributed by atoms with E-state index in [0.29, 0.717) is 17.9 Å². The van der Waals surface area contributed by atoms with Gasteiger partial charge in [0.25, 0.3) is 0 Å². The highest BCUT2D eigenvalue weighted by molar-refractivity contribution is 5.43. The van der Waals surface area contributed by atoms with Gasteiger partial charge in [0.15, 0.2) is 11.5 Å². The number of hydrogen-bond acceptors (Lipinski definition) is 3. The summed E-state index contributed by atoms with van der Waals surface area (Å²) in [5.74, 6) is 0.642. The zero-order valence-corrected chi connectivity index (χ0v) is 11.4. The van der Waals surface area contributed by atoms with Gasteiger partial charge in [-0.2, -0.15) is 8.78 Å². The molecule has 1 atom stereocenters. The van der Waals surface area contributed by atoms with E-state index in [-0.39, 0.29) is 11.5 Å². The van der Waals surface area contributed by atoms with Crippen LogP contribution in [0.3, 0.4) is 0 Å². The molecule has 0 bridgehead atoms. The van der Waals surface area contributed by atoms with Crippen LogP contribution in [0.1, 0.15) is 38.4 Å². The molecule has 108 valence electrons. The molecule has 0 spiro atoms. The van der Waals surface area contributed by atoms with Crippen LogP contribution in [0.15, 0.2) is 18.2 Å². The lowest BCUT2D eigenvalue weighted by Gasteiger charge is -2.15. The van der Waals surface area contributed by atoms with Crippen molar-refractivity contribution in [1.29, 1.82) is 0 Å². The van der Waals surface area contributed by atoms with E-state index < -0.39 is 12.7 Å². The van der Waals surface area contributed by atoms with E-state index in [9.17, 15) is 13.9 Å². The van der Waals surface area contributed by atoms with Crippen LogP contribution in [-0.4, -0.2) is 18.8 Å². The molecule has 0 radical (unpaired) electrons. The molecule has 1 N–H and O–H groups in total. The Morgan fingerprint density at radius 2 is 1.84 bits per heavy atom. The zero-order valence-electron chi connectivity index (χ0n) is 11.4. The second kappa shape index (κ2) is 7.28. The van der Waals surface area contributed by atoms with Crippen molar-refractivity contribution in [3.05, 3.63) is 23.8 Å². The number of hydrogen-bond donors (Lipinski definition) is 1. The summed E-state index contributed by atoms with van der Waals surface area (Å²) in [5, 5.41) is 10.0. The van der Waals surface area contributed by atoms with Gasteiger partial charge in [-0.05, 0) is 36.5 Å². The topological polar surface area (TPSA) is 38.7 Å². The molecule has 3 nitrogen and oxygen atoms in total. The van der Waals surface area contributed by atoms with Crippen molar-refractivity contribution < 1.29 is 23.4 Å². The molecule has 1 unspecified atom stereocenters. The van der Waals surface area contributed by atoms with Gasteiger partial charge >= 0.3 is 6.61 Å². The first kappa shape index (κ1) is 15.7.